The number of benzene rings is 1. The minimum atomic E-state index is -0.831. The fraction of sp³-hybridized carbons (Fsp3) is 0.367. The fourth-order valence-corrected chi connectivity index (χ4v) is 6.30. The number of Topliss-reactive ketones (excluding diaryl/α,β-unsaturated/α-hetero) is 1. The number of halogens is 2. The highest BCUT2D eigenvalue weighted by molar-refractivity contribution is 9.10. The van der Waals surface area contributed by atoms with Gasteiger partial charge in [0.15, 0.2) is 5.78 Å². The van der Waals surface area contributed by atoms with E-state index in [1.165, 1.54) is 11.6 Å². The van der Waals surface area contributed by atoms with Gasteiger partial charge < -0.3 is 10.2 Å². The summed E-state index contributed by atoms with van der Waals surface area (Å²) in [6, 6.07) is 6.28. The lowest BCUT2D eigenvalue weighted by molar-refractivity contribution is -0.138. The Kier molecular flexibility index (Phi) is 6.91. The molecule has 10 nitrogen and oxygen atoms in total. The molecule has 3 aromatic heterocycles. The number of aryl methyl sites for hydroxylation is 2. The first-order valence-electron chi connectivity index (χ1n) is 13.6. The minimum Gasteiger partial charge on any atom is -0.325 e. The maximum absolute atomic E-state index is 14.5. The number of carbonyl (C=O) groups excluding carboxylic acids is 3. The van der Waals surface area contributed by atoms with Gasteiger partial charge in [-0.1, -0.05) is 13.0 Å². The Morgan fingerprint density at radius 3 is 2.55 bits per heavy atom. The number of rotatable bonds is 7. The van der Waals surface area contributed by atoms with Crippen LogP contribution in [0.15, 0.2) is 41.3 Å². The van der Waals surface area contributed by atoms with Gasteiger partial charge in [-0.15, -0.1) is 0 Å². The smallest absolute Gasteiger partial charge is 0.248 e. The van der Waals surface area contributed by atoms with Gasteiger partial charge in [-0.25, -0.2) is 19.3 Å². The summed E-state index contributed by atoms with van der Waals surface area (Å²) in [6.07, 6.45) is 4.61. The van der Waals surface area contributed by atoms with Crippen LogP contribution in [0.1, 0.15) is 54.1 Å². The van der Waals surface area contributed by atoms with Crippen LogP contribution in [0, 0.1) is 19.3 Å². The number of anilines is 1. The highest BCUT2D eigenvalue weighted by Gasteiger charge is 2.64. The molecule has 1 N–H and O–H groups in total. The van der Waals surface area contributed by atoms with Gasteiger partial charge in [0.2, 0.25) is 11.8 Å². The Hall–Kier alpha value is -4.06. The number of nitrogens with zero attached hydrogens (tertiary/aromatic N) is 6. The Morgan fingerprint density at radius 1 is 1.12 bits per heavy atom. The topological polar surface area (TPSA) is 123 Å². The Balaban J connectivity index is 1.34. The molecule has 0 spiro atoms. The molecule has 6 rings (SSSR count). The van der Waals surface area contributed by atoms with Crippen molar-refractivity contribution in [3.63, 3.8) is 0 Å². The quantitative estimate of drug-likeness (QED) is 0.225. The van der Waals surface area contributed by atoms with Gasteiger partial charge in [0, 0.05) is 41.9 Å². The monoisotopic (exact) mass is 633 g/mol. The van der Waals surface area contributed by atoms with Crippen LogP contribution < -0.4 is 5.32 Å². The van der Waals surface area contributed by atoms with Gasteiger partial charge in [0.05, 0.1) is 5.52 Å². The first-order valence-corrected chi connectivity index (χ1v) is 14.4. The van der Waals surface area contributed by atoms with Crippen molar-refractivity contribution < 1.29 is 18.8 Å². The van der Waals surface area contributed by atoms with Crippen LogP contribution in [0.2, 0.25) is 0 Å². The predicted octanol–water partition coefficient (Wildman–Crippen LogP) is 4.96. The molecule has 1 aromatic carbocycles. The van der Waals surface area contributed by atoms with E-state index in [4.69, 9.17) is 0 Å². The summed E-state index contributed by atoms with van der Waals surface area (Å²) in [4.78, 5) is 54.4. The molecular weight excluding hydrogens is 605 g/mol. The molecule has 12 heteroatoms. The maximum atomic E-state index is 14.5. The molecule has 2 aliphatic rings. The number of ketones is 1. The molecule has 2 amide bonds. The Labute approximate surface area is 249 Å². The third-order valence-corrected chi connectivity index (χ3v) is 8.77. The van der Waals surface area contributed by atoms with E-state index >= 15 is 0 Å². The zero-order valence-corrected chi connectivity index (χ0v) is 25.2. The summed E-state index contributed by atoms with van der Waals surface area (Å²) in [7, 11) is 0. The van der Waals surface area contributed by atoms with Crippen LogP contribution in [-0.2, 0) is 22.8 Å². The van der Waals surface area contributed by atoms with E-state index in [1.807, 2.05) is 13.0 Å². The summed E-state index contributed by atoms with van der Waals surface area (Å²) in [5.74, 6) is 0.0951. The number of piperidine rings is 1. The average molecular weight is 635 g/mol. The summed E-state index contributed by atoms with van der Waals surface area (Å²) in [5, 5.41) is 7.82. The summed E-state index contributed by atoms with van der Waals surface area (Å²) in [6.45, 7) is 6.01. The average Bonchev–Trinajstić information content (AvgIpc) is 3.31. The second kappa shape index (κ2) is 10.3. The Morgan fingerprint density at radius 2 is 1.86 bits per heavy atom. The van der Waals surface area contributed by atoms with Crippen molar-refractivity contribution in [3.8, 4) is 11.1 Å². The zero-order valence-electron chi connectivity index (χ0n) is 23.6. The molecule has 1 aliphatic carbocycles. The first kappa shape index (κ1) is 28.1. The molecule has 2 fully saturated rings. The van der Waals surface area contributed by atoms with Crippen LogP contribution in [0.5, 0.6) is 0 Å². The molecule has 216 valence electrons. The van der Waals surface area contributed by atoms with Crippen LogP contribution in [0.3, 0.4) is 0 Å². The zero-order chi connectivity index (χ0) is 29.9. The number of fused-ring (bicyclic) bond motifs is 2. The van der Waals surface area contributed by atoms with Gasteiger partial charge in [0.25, 0.3) is 0 Å². The van der Waals surface area contributed by atoms with E-state index in [-0.39, 0.29) is 41.3 Å². The van der Waals surface area contributed by atoms with E-state index in [1.54, 1.807) is 42.4 Å². The van der Waals surface area contributed by atoms with Crippen molar-refractivity contribution in [2.24, 2.45) is 5.41 Å². The number of likely N-dealkylation sites (tertiary alicyclic amines) is 1. The summed E-state index contributed by atoms with van der Waals surface area (Å²) < 4.78 is 16.5. The molecule has 1 saturated heterocycles. The Bertz CT molecular complexity index is 1770. The van der Waals surface area contributed by atoms with E-state index in [9.17, 15) is 18.8 Å². The SMILES string of the molecule is CC(=O)c1nn(CC(=O)N2C3C[C@]3(C)C[C@H]2C(=O)Nc2nc(Br)ccc2C)c2c(CF)cc(-c3cnc(C)nc3)cc12. The van der Waals surface area contributed by atoms with Gasteiger partial charge in [0.1, 0.15) is 41.2 Å². The van der Waals surface area contributed by atoms with Crippen LogP contribution in [0.25, 0.3) is 22.0 Å². The van der Waals surface area contributed by atoms with E-state index in [0.717, 1.165) is 12.0 Å². The van der Waals surface area contributed by atoms with E-state index in [0.29, 0.717) is 50.3 Å². The number of carbonyl (C=O) groups is 3. The lowest BCUT2D eigenvalue weighted by atomic mass is 10.0. The van der Waals surface area contributed by atoms with E-state index in [2.05, 4.69) is 48.2 Å². The van der Waals surface area contributed by atoms with Crippen molar-refractivity contribution in [2.45, 2.75) is 65.8 Å². The molecule has 1 aliphatic heterocycles. The number of alkyl halides is 1. The van der Waals surface area contributed by atoms with Crippen LogP contribution in [-0.4, -0.2) is 59.3 Å². The lowest BCUT2D eigenvalue weighted by Gasteiger charge is -2.27. The second-order valence-corrected chi connectivity index (χ2v) is 12.2. The standard InChI is InChI=1S/C30H29BrFN7O3/c1-15-5-6-24(31)35-28(15)36-29(42)22-9-30(4)10-23(30)39(22)25(41)14-38-27-19(11-32)7-18(20-12-33-17(3)34-13-20)8-21(27)26(37-38)16(2)40/h5-8,12-13,22-23H,9-11,14H2,1-4H3,(H,35,36,42)/t22-,23?,30-/m0/s1. The summed E-state index contributed by atoms with van der Waals surface area (Å²) >= 11 is 3.34. The molecule has 3 atom stereocenters. The highest BCUT2D eigenvalue weighted by Crippen LogP contribution is 2.59. The van der Waals surface area contributed by atoms with Crippen molar-refractivity contribution in [1.29, 1.82) is 0 Å². The molecule has 4 heterocycles. The van der Waals surface area contributed by atoms with Gasteiger partial charge in [-0.05, 0) is 77.4 Å². The van der Waals surface area contributed by atoms with Crippen molar-refractivity contribution in [1.82, 2.24) is 29.6 Å². The third-order valence-electron chi connectivity index (χ3n) is 8.33. The van der Waals surface area contributed by atoms with Crippen LogP contribution in [0.4, 0.5) is 10.2 Å². The molecule has 0 radical (unpaired) electrons. The molecule has 4 aromatic rings. The highest BCUT2D eigenvalue weighted by atomic mass is 79.9. The second-order valence-electron chi connectivity index (χ2n) is 11.4. The van der Waals surface area contributed by atoms with Gasteiger partial charge in [-0.3, -0.25) is 19.1 Å². The molecule has 42 heavy (non-hydrogen) atoms. The predicted molar refractivity (Wildman–Crippen MR) is 157 cm³/mol. The number of nitrogens with one attached hydrogen (secondary N) is 1. The number of hydrogen-bond acceptors (Lipinski definition) is 7. The largest absolute Gasteiger partial charge is 0.325 e. The van der Waals surface area contributed by atoms with Gasteiger partial charge >= 0.3 is 0 Å². The summed E-state index contributed by atoms with van der Waals surface area (Å²) in [5.41, 5.74) is 2.78. The number of aromatic nitrogens is 5. The molecular formula is C30H29BrFN7O3. The number of pyridine rings is 1. The van der Waals surface area contributed by atoms with Crippen LogP contribution >= 0.6 is 15.9 Å². The minimum absolute atomic E-state index is 0.0831. The lowest BCUT2D eigenvalue weighted by Crippen LogP contribution is -2.47. The normalized spacial score (nSPS) is 21.0. The molecule has 1 unspecified atom stereocenters. The maximum Gasteiger partial charge on any atom is 0.248 e. The number of amides is 2. The first-order chi connectivity index (χ1) is 20.0. The van der Waals surface area contributed by atoms with Crippen molar-refractivity contribution in [2.75, 3.05) is 5.32 Å². The fourth-order valence-electron chi connectivity index (χ4n) is 5.99. The van der Waals surface area contributed by atoms with Gasteiger partial charge in [-0.2, -0.15) is 5.10 Å². The number of hydrogen-bond donors (Lipinski definition) is 1. The van der Waals surface area contributed by atoms with Crippen molar-refractivity contribution >= 4 is 50.2 Å². The van der Waals surface area contributed by atoms with Crippen molar-refractivity contribution in [3.05, 3.63) is 63.9 Å². The molecule has 1 saturated carbocycles. The molecule has 0 bridgehead atoms. The third kappa shape index (κ3) is 4.87. The van der Waals surface area contributed by atoms with E-state index < -0.39 is 12.7 Å².